The Hall–Kier alpha value is -2.50. The number of benzene rings is 2. The number of carbonyl (C=O) groups excluding carboxylic acids is 1. The molecule has 3 nitrogen and oxygen atoms in total. The summed E-state index contributed by atoms with van der Waals surface area (Å²) >= 11 is 0. The molecule has 0 saturated heterocycles. The molecule has 3 rings (SSSR count). The van der Waals surface area contributed by atoms with Gasteiger partial charge in [0.2, 0.25) is 5.91 Å². The molecule has 0 radical (unpaired) electrons. The third-order valence-corrected chi connectivity index (χ3v) is 4.05. The number of nitrogens with two attached hydrogens (primary N) is 1. The SMILES string of the molecule is CC(CC(N)=O)N1CCc2ccccc21.FC(F)(F)c1ccccc1. The largest absolute Gasteiger partial charge is 0.416 e. The van der Waals surface area contributed by atoms with Crippen LogP contribution in [0.25, 0.3) is 0 Å². The van der Waals surface area contributed by atoms with Gasteiger partial charge in [0.1, 0.15) is 0 Å². The topological polar surface area (TPSA) is 46.3 Å². The Labute approximate surface area is 145 Å². The van der Waals surface area contributed by atoms with E-state index in [2.05, 4.69) is 23.1 Å². The Morgan fingerprint density at radius 3 is 2.28 bits per heavy atom. The van der Waals surface area contributed by atoms with E-state index in [1.807, 2.05) is 13.0 Å². The van der Waals surface area contributed by atoms with Crippen molar-refractivity contribution in [2.45, 2.75) is 32.0 Å². The number of carbonyl (C=O) groups is 1. The first kappa shape index (κ1) is 18.8. The molecule has 0 aromatic heterocycles. The molecule has 1 aliphatic heterocycles. The van der Waals surface area contributed by atoms with Gasteiger partial charge in [-0.25, -0.2) is 0 Å². The Balaban J connectivity index is 0.000000196. The average Bonchev–Trinajstić information content (AvgIpc) is 2.99. The third-order valence-electron chi connectivity index (χ3n) is 4.05. The molecule has 134 valence electrons. The molecular formula is C19H21F3N2O. The molecule has 1 unspecified atom stereocenters. The zero-order valence-electron chi connectivity index (χ0n) is 14.0. The van der Waals surface area contributed by atoms with Crippen molar-refractivity contribution in [2.75, 3.05) is 11.4 Å². The highest BCUT2D eigenvalue weighted by atomic mass is 19.4. The lowest BCUT2D eigenvalue weighted by atomic mass is 10.1. The number of para-hydroxylation sites is 1. The lowest BCUT2D eigenvalue weighted by Crippen LogP contribution is -2.34. The molecule has 0 spiro atoms. The number of amides is 1. The van der Waals surface area contributed by atoms with Crippen LogP contribution < -0.4 is 10.6 Å². The second-order valence-corrected chi connectivity index (χ2v) is 5.96. The van der Waals surface area contributed by atoms with Gasteiger partial charge in [-0.3, -0.25) is 4.79 Å². The van der Waals surface area contributed by atoms with Gasteiger partial charge in [-0.2, -0.15) is 13.2 Å². The van der Waals surface area contributed by atoms with Gasteiger partial charge in [0.25, 0.3) is 0 Å². The fourth-order valence-corrected chi connectivity index (χ4v) is 2.85. The summed E-state index contributed by atoms with van der Waals surface area (Å²) < 4.78 is 35.4. The van der Waals surface area contributed by atoms with Crippen LogP contribution in [0.15, 0.2) is 54.6 Å². The van der Waals surface area contributed by atoms with Crippen molar-refractivity contribution in [3.05, 3.63) is 65.7 Å². The number of fused-ring (bicyclic) bond motifs is 1. The summed E-state index contributed by atoms with van der Waals surface area (Å²) in [6, 6.07) is 14.9. The van der Waals surface area contributed by atoms with Crippen molar-refractivity contribution in [1.82, 2.24) is 0 Å². The number of anilines is 1. The number of rotatable bonds is 3. The molecule has 0 aliphatic carbocycles. The molecule has 6 heteroatoms. The minimum Gasteiger partial charge on any atom is -0.370 e. The molecule has 0 fully saturated rings. The van der Waals surface area contributed by atoms with Crippen LogP contribution in [0.4, 0.5) is 18.9 Å². The van der Waals surface area contributed by atoms with Crippen LogP contribution in [-0.2, 0) is 17.4 Å². The van der Waals surface area contributed by atoms with Crippen LogP contribution in [-0.4, -0.2) is 18.5 Å². The van der Waals surface area contributed by atoms with Gasteiger partial charge in [-0.15, -0.1) is 0 Å². The summed E-state index contributed by atoms with van der Waals surface area (Å²) in [4.78, 5) is 13.1. The predicted molar refractivity (Wildman–Crippen MR) is 92.2 cm³/mol. The highest BCUT2D eigenvalue weighted by Gasteiger charge is 2.29. The van der Waals surface area contributed by atoms with Crippen LogP contribution in [0.3, 0.4) is 0 Å². The van der Waals surface area contributed by atoms with Gasteiger partial charge in [0, 0.05) is 24.7 Å². The Bertz CT molecular complexity index is 701. The van der Waals surface area contributed by atoms with E-state index in [0.29, 0.717) is 6.42 Å². The lowest BCUT2D eigenvalue weighted by molar-refractivity contribution is -0.137. The zero-order chi connectivity index (χ0) is 18.4. The van der Waals surface area contributed by atoms with Crippen molar-refractivity contribution in [3.8, 4) is 0 Å². The monoisotopic (exact) mass is 350 g/mol. The van der Waals surface area contributed by atoms with E-state index >= 15 is 0 Å². The molecule has 1 heterocycles. The summed E-state index contributed by atoms with van der Waals surface area (Å²) in [6.45, 7) is 3.04. The van der Waals surface area contributed by atoms with Gasteiger partial charge < -0.3 is 10.6 Å². The van der Waals surface area contributed by atoms with E-state index in [-0.39, 0.29) is 11.9 Å². The van der Waals surface area contributed by atoms with Crippen molar-refractivity contribution in [1.29, 1.82) is 0 Å². The van der Waals surface area contributed by atoms with Crippen LogP contribution in [0.5, 0.6) is 0 Å². The molecule has 25 heavy (non-hydrogen) atoms. The number of nitrogens with zero attached hydrogens (tertiary/aromatic N) is 1. The summed E-state index contributed by atoms with van der Waals surface area (Å²) in [7, 11) is 0. The standard InChI is InChI=1S/C12H16N2O.C7H5F3/c1-9(8-12(13)15)14-7-6-10-4-2-3-5-11(10)14;8-7(9,10)6-4-2-1-3-5-6/h2-5,9H,6-8H2,1H3,(H2,13,15);1-5H. The van der Waals surface area contributed by atoms with E-state index in [0.717, 1.165) is 25.1 Å². The van der Waals surface area contributed by atoms with Crippen LogP contribution in [0, 0.1) is 0 Å². The Morgan fingerprint density at radius 2 is 1.72 bits per heavy atom. The van der Waals surface area contributed by atoms with Crippen LogP contribution in [0.1, 0.15) is 24.5 Å². The maximum atomic E-state index is 11.8. The molecule has 1 aliphatic rings. The van der Waals surface area contributed by atoms with Gasteiger partial charge in [-0.1, -0.05) is 48.5 Å². The molecule has 1 amide bonds. The molecule has 1 atom stereocenters. The van der Waals surface area contributed by atoms with Crippen molar-refractivity contribution < 1.29 is 18.0 Å². The first-order chi connectivity index (χ1) is 11.8. The number of halogens is 3. The molecule has 2 aromatic rings. The minimum absolute atomic E-state index is 0.200. The maximum absolute atomic E-state index is 11.8. The minimum atomic E-state index is -4.21. The van der Waals surface area contributed by atoms with E-state index in [1.165, 1.54) is 23.4 Å². The summed E-state index contributed by atoms with van der Waals surface area (Å²) in [5, 5.41) is 0. The second kappa shape index (κ2) is 8.05. The quantitative estimate of drug-likeness (QED) is 0.909. The molecule has 0 bridgehead atoms. The summed E-state index contributed by atoms with van der Waals surface area (Å²) in [6.07, 6.45) is -2.71. The molecule has 2 aromatic carbocycles. The van der Waals surface area contributed by atoms with E-state index in [9.17, 15) is 18.0 Å². The smallest absolute Gasteiger partial charge is 0.370 e. The van der Waals surface area contributed by atoms with E-state index in [1.54, 1.807) is 6.07 Å². The average molecular weight is 350 g/mol. The van der Waals surface area contributed by atoms with Gasteiger partial charge in [0.05, 0.1) is 5.56 Å². The Morgan fingerprint density at radius 1 is 1.12 bits per heavy atom. The van der Waals surface area contributed by atoms with Crippen molar-refractivity contribution >= 4 is 11.6 Å². The molecule has 2 N–H and O–H groups in total. The molecular weight excluding hydrogens is 329 g/mol. The number of primary amides is 1. The van der Waals surface area contributed by atoms with E-state index < -0.39 is 11.7 Å². The Kier molecular flexibility index (Phi) is 6.07. The van der Waals surface area contributed by atoms with E-state index in [4.69, 9.17) is 5.73 Å². The second-order valence-electron chi connectivity index (χ2n) is 5.96. The fraction of sp³-hybridized carbons (Fsp3) is 0.316. The first-order valence-corrected chi connectivity index (χ1v) is 8.04. The van der Waals surface area contributed by atoms with Gasteiger partial charge >= 0.3 is 6.18 Å². The predicted octanol–water partition coefficient (Wildman–Crippen LogP) is 4.02. The zero-order valence-corrected chi connectivity index (χ0v) is 14.0. The summed E-state index contributed by atoms with van der Waals surface area (Å²) in [5.41, 5.74) is 7.24. The highest BCUT2D eigenvalue weighted by molar-refractivity contribution is 5.75. The van der Waals surface area contributed by atoms with Crippen LogP contribution >= 0.6 is 0 Å². The van der Waals surface area contributed by atoms with Crippen molar-refractivity contribution in [2.24, 2.45) is 5.73 Å². The van der Waals surface area contributed by atoms with Crippen molar-refractivity contribution in [3.63, 3.8) is 0 Å². The maximum Gasteiger partial charge on any atom is 0.416 e. The first-order valence-electron chi connectivity index (χ1n) is 8.04. The third kappa shape index (κ3) is 5.24. The molecule has 0 saturated carbocycles. The highest BCUT2D eigenvalue weighted by Crippen LogP contribution is 2.30. The lowest BCUT2D eigenvalue weighted by Gasteiger charge is -2.26. The van der Waals surface area contributed by atoms with Gasteiger partial charge in [-0.05, 0) is 25.0 Å². The number of alkyl halides is 3. The van der Waals surface area contributed by atoms with Crippen LogP contribution in [0.2, 0.25) is 0 Å². The van der Waals surface area contributed by atoms with Gasteiger partial charge in [0.15, 0.2) is 0 Å². The normalized spacial score (nSPS) is 14.3. The fourth-order valence-electron chi connectivity index (χ4n) is 2.85. The number of hydrogen-bond donors (Lipinski definition) is 1. The summed E-state index contributed by atoms with van der Waals surface area (Å²) in [5.74, 6) is -0.230. The number of hydrogen-bond acceptors (Lipinski definition) is 2.